The van der Waals surface area contributed by atoms with Crippen molar-refractivity contribution < 1.29 is 18.0 Å². The summed E-state index contributed by atoms with van der Waals surface area (Å²) in [4.78, 5) is 23.7. The SMILES string of the molecule is Cc1[nH]c(C(=O)NCc2cccc(Cl)c2)c(C)c1-c1ccnc(NCC(F)(F)F)n1. The third-order valence-electron chi connectivity index (χ3n) is 4.37. The zero-order valence-electron chi connectivity index (χ0n) is 16.2. The van der Waals surface area contributed by atoms with E-state index >= 15 is 0 Å². The Morgan fingerprint density at radius 1 is 1.23 bits per heavy atom. The van der Waals surface area contributed by atoms with Gasteiger partial charge in [0.2, 0.25) is 5.95 Å². The number of rotatable bonds is 6. The zero-order valence-corrected chi connectivity index (χ0v) is 16.9. The Morgan fingerprint density at radius 3 is 2.70 bits per heavy atom. The van der Waals surface area contributed by atoms with Crippen LogP contribution < -0.4 is 10.6 Å². The van der Waals surface area contributed by atoms with Crippen molar-refractivity contribution in [1.82, 2.24) is 20.3 Å². The number of benzene rings is 1. The number of carbonyl (C=O) groups excluding carboxylic acids is 1. The molecule has 0 aliphatic heterocycles. The lowest BCUT2D eigenvalue weighted by Gasteiger charge is -2.09. The number of nitrogens with zero attached hydrogens (tertiary/aromatic N) is 2. The highest BCUT2D eigenvalue weighted by Crippen LogP contribution is 2.28. The van der Waals surface area contributed by atoms with E-state index in [9.17, 15) is 18.0 Å². The molecule has 0 spiro atoms. The molecule has 3 rings (SSSR count). The molecule has 0 unspecified atom stereocenters. The van der Waals surface area contributed by atoms with Crippen molar-refractivity contribution in [3.8, 4) is 11.3 Å². The quantitative estimate of drug-likeness (QED) is 0.524. The standard InChI is InChI=1S/C20H19ClF3N5O/c1-11-16(15-6-7-25-19(29-15)27-10-20(22,23)24)12(2)28-17(11)18(30)26-9-13-4-3-5-14(21)8-13/h3-8,28H,9-10H2,1-2H3,(H,26,30)(H,25,27,29). The lowest BCUT2D eigenvalue weighted by atomic mass is 10.1. The molecule has 0 radical (unpaired) electrons. The van der Waals surface area contributed by atoms with Gasteiger partial charge in [-0.1, -0.05) is 23.7 Å². The fourth-order valence-electron chi connectivity index (χ4n) is 3.04. The number of amides is 1. The molecule has 2 heterocycles. The molecule has 0 saturated heterocycles. The normalized spacial score (nSPS) is 11.4. The fraction of sp³-hybridized carbons (Fsp3) is 0.250. The van der Waals surface area contributed by atoms with Gasteiger partial charge in [0, 0.05) is 29.0 Å². The summed E-state index contributed by atoms with van der Waals surface area (Å²) >= 11 is 5.96. The fourth-order valence-corrected chi connectivity index (χ4v) is 3.25. The van der Waals surface area contributed by atoms with Crippen molar-refractivity contribution >= 4 is 23.5 Å². The molecule has 3 aromatic rings. The molecule has 0 aliphatic carbocycles. The number of halogens is 4. The van der Waals surface area contributed by atoms with Crippen LogP contribution in [0.3, 0.4) is 0 Å². The number of carbonyl (C=O) groups is 1. The van der Waals surface area contributed by atoms with Gasteiger partial charge < -0.3 is 15.6 Å². The largest absolute Gasteiger partial charge is 0.405 e. The minimum Gasteiger partial charge on any atom is -0.354 e. The average Bonchev–Trinajstić information content (AvgIpc) is 2.98. The lowest BCUT2D eigenvalue weighted by Crippen LogP contribution is -2.23. The number of aromatic amines is 1. The maximum Gasteiger partial charge on any atom is 0.405 e. The van der Waals surface area contributed by atoms with Crippen molar-refractivity contribution in [3.63, 3.8) is 0 Å². The number of hydrogen-bond donors (Lipinski definition) is 3. The van der Waals surface area contributed by atoms with Crippen LogP contribution in [-0.2, 0) is 6.54 Å². The first-order valence-electron chi connectivity index (χ1n) is 9.00. The Bertz CT molecular complexity index is 1060. The molecule has 158 valence electrons. The summed E-state index contributed by atoms with van der Waals surface area (Å²) in [6.07, 6.45) is -3.01. The maximum atomic E-state index is 12.7. The highest BCUT2D eigenvalue weighted by atomic mass is 35.5. The van der Waals surface area contributed by atoms with Gasteiger partial charge in [0.25, 0.3) is 5.91 Å². The number of aromatic nitrogens is 3. The summed E-state index contributed by atoms with van der Waals surface area (Å²) in [5.41, 5.74) is 3.56. The Morgan fingerprint density at radius 2 is 2.00 bits per heavy atom. The number of hydrogen-bond acceptors (Lipinski definition) is 4. The van der Waals surface area contributed by atoms with Crippen LogP contribution in [-0.4, -0.2) is 33.6 Å². The second-order valence-corrected chi connectivity index (χ2v) is 7.11. The van der Waals surface area contributed by atoms with E-state index in [0.29, 0.717) is 39.8 Å². The Kier molecular flexibility index (Phi) is 6.31. The molecule has 0 fully saturated rings. The van der Waals surface area contributed by atoms with Crippen LogP contribution in [0.25, 0.3) is 11.3 Å². The summed E-state index contributed by atoms with van der Waals surface area (Å²) in [6.45, 7) is 2.57. The maximum absolute atomic E-state index is 12.7. The molecule has 2 aromatic heterocycles. The molecule has 6 nitrogen and oxygen atoms in total. The molecule has 30 heavy (non-hydrogen) atoms. The summed E-state index contributed by atoms with van der Waals surface area (Å²) in [7, 11) is 0. The molecule has 1 amide bonds. The molecule has 0 bridgehead atoms. The second-order valence-electron chi connectivity index (χ2n) is 6.67. The summed E-state index contributed by atoms with van der Waals surface area (Å²) in [6, 6.07) is 8.73. The highest BCUT2D eigenvalue weighted by molar-refractivity contribution is 6.30. The topological polar surface area (TPSA) is 82.7 Å². The van der Waals surface area contributed by atoms with Gasteiger partial charge in [-0.05, 0) is 43.2 Å². The number of alkyl halides is 3. The van der Waals surface area contributed by atoms with Crippen LogP contribution in [0.5, 0.6) is 0 Å². The van der Waals surface area contributed by atoms with Gasteiger partial charge in [0.05, 0.1) is 5.69 Å². The minimum absolute atomic E-state index is 0.142. The van der Waals surface area contributed by atoms with Gasteiger partial charge in [0.1, 0.15) is 12.2 Å². The van der Waals surface area contributed by atoms with E-state index in [4.69, 9.17) is 11.6 Å². The number of anilines is 1. The van der Waals surface area contributed by atoms with Crippen LogP contribution in [0.4, 0.5) is 19.1 Å². The number of nitrogens with one attached hydrogen (secondary N) is 3. The van der Waals surface area contributed by atoms with E-state index in [-0.39, 0.29) is 11.9 Å². The summed E-state index contributed by atoms with van der Waals surface area (Å²) < 4.78 is 37.3. The third kappa shape index (κ3) is 5.29. The average molecular weight is 438 g/mol. The van der Waals surface area contributed by atoms with Crippen molar-refractivity contribution in [1.29, 1.82) is 0 Å². The molecule has 0 aliphatic rings. The van der Waals surface area contributed by atoms with Crippen LogP contribution in [0.1, 0.15) is 27.3 Å². The van der Waals surface area contributed by atoms with Gasteiger partial charge in [-0.3, -0.25) is 4.79 Å². The van der Waals surface area contributed by atoms with E-state index in [1.54, 1.807) is 38.1 Å². The molecule has 10 heteroatoms. The predicted octanol–water partition coefficient (Wildman–Crippen LogP) is 4.65. The second kappa shape index (κ2) is 8.74. The first-order valence-corrected chi connectivity index (χ1v) is 9.37. The highest BCUT2D eigenvalue weighted by Gasteiger charge is 2.27. The lowest BCUT2D eigenvalue weighted by molar-refractivity contribution is -0.115. The smallest absolute Gasteiger partial charge is 0.354 e. The van der Waals surface area contributed by atoms with E-state index in [2.05, 4.69) is 25.6 Å². The van der Waals surface area contributed by atoms with Crippen molar-refractivity contribution in [3.05, 3.63) is 64.1 Å². The van der Waals surface area contributed by atoms with Crippen LogP contribution in [0, 0.1) is 13.8 Å². The van der Waals surface area contributed by atoms with Gasteiger partial charge in [-0.25, -0.2) is 9.97 Å². The van der Waals surface area contributed by atoms with Gasteiger partial charge in [-0.2, -0.15) is 13.2 Å². The van der Waals surface area contributed by atoms with E-state index in [1.165, 1.54) is 6.20 Å². The predicted molar refractivity (Wildman–Crippen MR) is 108 cm³/mol. The Labute approximate surface area is 175 Å². The summed E-state index contributed by atoms with van der Waals surface area (Å²) in [5.74, 6) is -0.455. The number of H-pyrrole nitrogens is 1. The Hall–Kier alpha value is -3.07. The van der Waals surface area contributed by atoms with Crippen LogP contribution in [0.15, 0.2) is 36.5 Å². The van der Waals surface area contributed by atoms with Crippen molar-refractivity contribution in [2.75, 3.05) is 11.9 Å². The Balaban J connectivity index is 1.79. The van der Waals surface area contributed by atoms with Crippen molar-refractivity contribution in [2.24, 2.45) is 0 Å². The van der Waals surface area contributed by atoms with Crippen LogP contribution in [0.2, 0.25) is 5.02 Å². The zero-order chi connectivity index (χ0) is 21.9. The number of aryl methyl sites for hydroxylation is 1. The monoisotopic (exact) mass is 437 g/mol. The molecule has 0 atom stereocenters. The van der Waals surface area contributed by atoms with Gasteiger partial charge in [-0.15, -0.1) is 0 Å². The van der Waals surface area contributed by atoms with Gasteiger partial charge in [0.15, 0.2) is 0 Å². The van der Waals surface area contributed by atoms with Crippen molar-refractivity contribution in [2.45, 2.75) is 26.6 Å². The van der Waals surface area contributed by atoms with Crippen LogP contribution >= 0.6 is 11.6 Å². The molecule has 3 N–H and O–H groups in total. The molecular weight excluding hydrogens is 419 g/mol. The van der Waals surface area contributed by atoms with E-state index in [1.807, 2.05) is 6.07 Å². The van der Waals surface area contributed by atoms with Gasteiger partial charge >= 0.3 is 6.18 Å². The molecule has 0 saturated carbocycles. The summed E-state index contributed by atoms with van der Waals surface area (Å²) in [5, 5.41) is 5.56. The first-order chi connectivity index (χ1) is 14.1. The third-order valence-corrected chi connectivity index (χ3v) is 4.60. The molecule has 1 aromatic carbocycles. The van der Waals surface area contributed by atoms with E-state index in [0.717, 1.165) is 5.56 Å². The van der Waals surface area contributed by atoms with E-state index < -0.39 is 12.7 Å². The minimum atomic E-state index is -4.38. The molecular formula is C20H19ClF3N5O. The first kappa shape index (κ1) is 21.6.